The number of hydrogen-bond acceptors (Lipinski definition) is 3. The molecule has 0 bridgehead atoms. The molecule has 0 radical (unpaired) electrons. The Morgan fingerprint density at radius 2 is 1.68 bits per heavy atom. The van der Waals surface area contributed by atoms with E-state index in [2.05, 4.69) is 42.3 Å². The molecule has 2 aliphatic rings. The maximum Gasteiger partial charge on any atom is 0.326 e. The first kappa shape index (κ1) is 18.7. The van der Waals surface area contributed by atoms with Crippen LogP contribution in [0.5, 0.6) is 0 Å². The summed E-state index contributed by atoms with van der Waals surface area (Å²) in [5.41, 5.74) is 2.51. The molecule has 0 saturated carbocycles. The minimum absolute atomic E-state index is 0.142. The molecule has 5 heteroatoms. The van der Waals surface area contributed by atoms with Gasteiger partial charge in [-0.3, -0.25) is 9.69 Å². The molecular formula is C23H27N3O2. The van der Waals surface area contributed by atoms with Crippen LogP contribution >= 0.6 is 0 Å². The Kier molecular flexibility index (Phi) is 4.94. The van der Waals surface area contributed by atoms with Gasteiger partial charge in [-0.05, 0) is 35.4 Å². The molecule has 1 fully saturated rings. The highest BCUT2D eigenvalue weighted by molar-refractivity contribution is 6.07. The molecule has 2 aromatic carbocycles. The molecule has 2 aliphatic heterocycles. The molecule has 0 aromatic heterocycles. The van der Waals surface area contributed by atoms with Crippen LogP contribution in [0.4, 0.5) is 4.79 Å². The lowest BCUT2D eigenvalue weighted by Crippen LogP contribution is -2.47. The summed E-state index contributed by atoms with van der Waals surface area (Å²) >= 11 is 0. The number of urea groups is 1. The topological polar surface area (TPSA) is 52.7 Å². The molecule has 3 amide bonds. The van der Waals surface area contributed by atoms with Crippen molar-refractivity contribution in [1.82, 2.24) is 15.1 Å². The van der Waals surface area contributed by atoms with Crippen molar-refractivity contribution in [3.05, 3.63) is 71.3 Å². The third-order valence-corrected chi connectivity index (χ3v) is 5.71. The van der Waals surface area contributed by atoms with Gasteiger partial charge in [0.25, 0.3) is 5.91 Å². The normalized spacial score (nSPS) is 22.5. The number of amides is 3. The second-order valence-electron chi connectivity index (χ2n) is 8.25. The molecule has 2 aromatic rings. The number of nitrogens with zero attached hydrogens (tertiary/aromatic N) is 2. The largest absolute Gasteiger partial charge is 0.326 e. The van der Waals surface area contributed by atoms with Crippen molar-refractivity contribution < 1.29 is 9.59 Å². The number of rotatable bonds is 5. The summed E-state index contributed by atoms with van der Waals surface area (Å²) < 4.78 is 0. The lowest BCUT2D eigenvalue weighted by molar-refractivity contribution is -0.133. The first-order valence-electron chi connectivity index (χ1n) is 9.98. The second-order valence-corrected chi connectivity index (χ2v) is 8.25. The fraction of sp³-hybridized carbons (Fsp3) is 0.391. The van der Waals surface area contributed by atoms with Crippen LogP contribution in [0, 0.1) is 5.92 Å². The summed E-state index contributed by atoms with van der Waals surface area (Å²) in [5, 5.41) is 3.03. The maximum absolute atomic E-state index is 13.5. The van der Waals surface area contributed by atoms with Gasteiger partial charge in [0.1, 0.15) is 5.54 Å². The van der Waals surface area contributed by atoms with Crippen molar-refractivity contribution in [2.45, 2.75) is 38.8 Å². The number of benzene rings is 2. The molecule has 2 heterocycles. The number of carbonyl (C=O) groups is 2. The predicted octanol–water partition coefficient (Wildman–Crippen LogP) is 3.50. The van der Waals surface area contributed by atoms with E-state index in [1.807, 2.05) is 36.4 Å². The van der Waals surface area contributed by atoms with Gasteiger partial charge in [0, 0.05) is 13.1 Å². The molecule has 1 saturated heterocycles. The van der Waals surface area contributed by atoms with Crippen molar-refractivity contribution >= 4 is 11.9 Å². The van der Waals surface area contributed by atoms with Gasteiger partial charge in [0.2, 0.25) is 0 Å². The highest BCUT2D eigenvalue weighted by Crippen LogP contribution is 2.35. The first-order chi connectivity index (χ1) is 13.5. The number of imide groups is 1. The van der Waals surface area contributed by atoms with Crippen LogP contribution in [-0.2, 0) is 23.3 Å². The third-order valence-electron chi connectivity index (χ3n) is 5.71. The Morgan fingerprint density at radius 1 is 1.00 bits per heavy atom. The summed E-state index contributed by atoms with van der Waals surface area (Å²) in [6.45, 7) is 6.08. The van der Waals surface area contributed by atoms with Crippen LogP contribution in [0.25, 0.3) is 0 Å². The van der Waals surface area contributed by atoms with Gasteiger partial charge in [0.05, 0.1) is 6.67 Å². The van der Waals surface area contributed by atoms with Crippen LogP contribution in [0.1, 0.15) is 37.0 Å². The number of nitrogens with one attached hydrogen (secondary N) is 1. The molecule has 146 valence electrons. The number of carbonyl (C=O) groups excluding carboxylic acids is 2. The monoisotopic (exact) mass is 377 g/mol. The lowest BCUT2D eigenvalue weighted by atomic mass is 9.82. The molecule has 1 atom stereocenters. The average Bonchev–Trinajstić information content (AvgIpc) is 2.93. The Labute approximate surface area is 166 Å². The van der Waals surface area contributed by atoms with Crippen molar-refractivity contribution in [2.24, 2.45) is 5.92 Å². The van der Waals surface area contributed by atoms with Gasteiger partial charge >= 0.3 is 6.03 Å². The van der Waals surface area contributed by atoms with E-state index in [1.165, 1.54) is 16.0 Å². The quantitative estimate of drug-likeness (QED) is 0.812. The minimum atomic E-state index is -0.972. The van der Waals surface area contributed by atoms with Gasteiger partial charge in [-0.15, -0.1) is 0 Å². The molecule has 1 N–H and O–H groups in total. The van der Waals surface area contributed by atoms with Gasteiger partial charge < -0.3 is 5.32 Å². The second kappa shape index (κ2) is 7.40. The summed E-state index contributed by atoms with van der Waals surface area (Å²) in [6, 6.07) is 17.7. The lowest BCUT2D eigenvalue weighted by Gasteiger charge is -2.32. The molecular weight excluding hydrogens is 350 g/mol. The zero-order valence-electron chi connectivity index (χ0n) is 16.5. The highest BCUT2D eigenvalue weighted by Gasteiger charge is 2.52. The van der Waals surface area contributed by atoms with Crippen molar-refractivity contribution in [3.8, 4) is 0 Å². The minimum Gasteiger partial charge on any atom is -0.319 e. The maximum atomic E-state index is 13.5. The molecule has 4 rings (SSSR count). The van der Waals surface area contributed by atoms with E-state index in [0.717, 1.165) is 25.1 Å². The van der Waals surface area contributed by atoms with E-state index < -0.39 is 5.54 Å². The van der Waals surface area contributed by atoms with Gasteiger partial charge in [-0.1, -0.05) is 68.4 Å². The summed E-state index contributed by atoms with van der Waals surface area (Å²) in [7, 11) is 0. The van der Waals surface area contributed by atoms with Crippen molar-refractivity contribution in [3.63, 3.8) is 0 Å². The van der Waals surface area contributed by atoms with Crippen molar-refractivity contribution in [1.29, 1.82) is 0 Å². The van der Waals surface area contributed by atoms with E-state index in [9.17, 15) is 9.59 Å². The SMILES string of the molecule is CC(C)C[C@]1(c2ccccc2)NC(=O)N(CN2CCc3ccccc3C2)C1=O. The summed E-state index contributed by atoms with van der Waals surface area (Å²) in [6.07, 6.45) is 1.52. The average molecular weight is 377 g/mol. The van der Waals surface area contributed by atoms with E-state index in [0.29, 0.717) is 13.1 Å². The molecule has 0 unspecified atom stereocenters. The van der Waals surface area contributed by atoms with Crippen molar-refractivity contribution in [2.75, 3.05) is 13.2 Å². The van der Waals surface area contributed by atoms with Gasteiger partial charge in [-0.2, -0.15) is 0 Å². The molecule has 0 spiro atoms. The van der Waals surface area contributed by atoms with E-state index in [4.69, 9.17) is 0 Å². The fourth-order valence-electron chi connectivity index (χ4n) is 4.42. The van der Waals surface area contributed by atoms with E-state index in [-0.39, 0.29) is 17.9 Å². The summed E-state index contributed by atoms with van der Waals surface area (Å²) in [4.78, 5) is 29.9. The van der Waals surface area contributed by atoms with E-state index in [1.54, 1.807) is 0 Å². The zero-order chi connectivity index (χ0) is 19.7. The fourth-order valence-corrected chi connectivity index (χ4v) is 4.42. The van der Waals surface area contributed by atoms with Crippen LogP contribution < -0.4 is 5.32 Å². The zero-order valence-corrected chi connectivity index (χ0v) is 16.5. The summed E-state index contributed by atoms with van der Waals surface area (Å²) in [5.74, 6) is 0.127. The standard InChI is InChI=1S/C23H27N3O2/c1-17(2)14-23(20-10-4-3-5-11-20)21(27)26(22(28)24-23)16-25-13-12-18-8-6-7-9-19(18)15-25/h3-11,17H,12-16H2,1-2H3,(H,24,28)/t23-/m1/s1. The number of hydrogen-bond donors (Lipinski definition) is 1. The highest BCUT2D eigenvalue weighted by atomic mass is 16.2. The predicted molar refractivity (Wildman–Crippen MR) is 108 cm³/mol. The molecule has 5 nitrogen and oxygen atoms in total. The van der Waals surface area contributed by atoms with Gasteiger partial charge in [-0.25, -0.2) is 9.69 Å². The Morgan fingerprint density at radius 3 is 2.39 bits per heavy atom. The molecule has 28 heavy (non-hydrogen) atoms. The van der Waals surface area contributed by atoms with E-state index >= 15 is 0 Å². The Hall–Kier alpha value is -2.66. The first-order valence-corrected chi connectivity index (χ1v) is 9.98. The van der Waals surface area contributed by atoms with Crippen LogP contribution in [0.2, 0.25) is 0 Å². The van der Waals surface area contributed by atoms with Crippen LogP contribution in [0.3, 0.4) is 0 Å². The molecule has 0 aliphatic carbocycles. The van der Waals surface area contributed by atoms with Gasteiger partial charge in [0.15, 0.2) is 0 Å². The third kappa shape index (κ3) is 3.31. The van der Waals surface area contributed by atoms with Crippen LogP contribution in [0.15, 0.2) is 54.6 Å². The van der Waals surface area contributed by atoms with Crippen LogP contribution in [-0.4, -0.2) is 35.0 Å². The smallest absolute Gasteiger partial charge is 0.319 e. The Bertz CT molecular complexity index is 880. The number of fused-ring (bicyclic) bond motifs is 1. The Balaban J connectivity index is 1.58.